The first-order chi connectivity index (χ1) is 6.74. The van der Waals surface area contributed by atoms with Crippen molar-refractivity contribution in [3.8, 4) is 0 Å². The molecule has 0 unspecified atom stereocenters. The van der Waals surface area contributed by atoms with Crippen molar-refractivity contribution in [3.63, 3.8) is 0 Å². The molecule has 0 aliphatic heterocycles. The summed E-state index contributed by atoms with van der Waals surface area (Å²) >= 11 is 5.34. The number of alkyl halides is 1. The summed E-state index contributed by atoms with van der Waals surface area (Å²) in [5.74, 6) is 1.20. The number of hydrogen-bond donors (Lipinski definition) is 0. The van der Waals surface area contributed by atoms with Crippen LogP contribution in [0.2, 0.25) is 0 Å². The highest BCUT2D eigenvalue weighted by Crippen LogP contribution is 2.19. The molecule has 0 amide bonds. The maximum atomic E-state index is 4.31. The molecule has 1 aromatic rings. The quantitative estimate of drug-likeness (QED) is 0.450. The second-order valence-electron chi connectivity index (χ2n) is 3.35. The van der Waals surface area contributed by atoms with Gasteiger partial charge < -0.3 is 0 Å². The first-order valence-corrected chi connectivity index (χ1v) is 7.04. The van der Waals surface area contributed by atoms with E-state index < -0.39 is 0 Å². The highest BCUT2D eigenvalue weighted by atomic mass is 79.9. The van der Waals surface area contributed by atoms with Crippen LogP contribution in [0.15, 0.2) is 11.1 Å². The molecule has 0 N–H and O–H groups in total. The van der Waals surface area contributed by atoms with Crippen LogP contribution in [-0.4, -0.2) is 20.9 Å². The lowest BCUT2D eigenvalue weighted by Gasteiger charge is -2.00. The molecule has 1 heterocycles. The summed E-state index contributed by atoms with van der Waals surface area (Å²) in [4.78, 5) is 0. The Balaban J connectivity index is 2.21. The van der Waals surface area contributed by atoms with Gasteiger partial charge in [-0.05, 0) is 31.6 Å². The molecule has 4 heteroatoms. The van der Waals surface area contributed by atoms with Crippen molar-refractivity contribution in [1.82, 2.24) is 9.78 Å². The van der Waals surface area contributed by atoms with Gasteiger partial charge >= 0.3 is 0 Å². The molecule has 0 bridgehead atoms. The summed E-state index contributed by atoms with van der Waals surface area (Å²) in [6.45, 7) is 2.04. The second-order valence-corrected chi connectivity index (χ2v) is 5.25. The predicted molar refractivity (Wildman–Crippen MR) is 66.3 cm³/mol. The topological polar surface area (TPSA) is 17.8 Å². The highest BCUT2D eigenvalue weighted by molar-refractivity contribution is 9.09. The molecule has 1 rings (SSSR count). The SMILES string of the molecule is Cc1cc(SCCCCCBr)n(C)n1. The van der Waals surface area contributed by atoms with Crippen molar-refractivity contribution in [2.24, 2.45) is 7.05 Å². The number of unbranched alkanes of at least 4 members (excludes halogenated alkanes) is 2. The van der Waals surface area contributed by atoms with Crippen LogP contribution in [0.1, 0.15) is 25.0 Å². The Morgan fingerprint density at radius 1 is 1.43 bits per heavy atom. The Bertz CT molecular complexity index is 273. The maximum Gasteiger partial charge on any atom is 0.0939 e. The molecule has 0 atom stereocenters. The molecule has 0 aliphatic rings. The summed E-state index contributed by atoms with van der Waals surface area (Å²) in [6.07, 6.45) is 3.89. The van der Waals surface area contributed by atoms with Crippen molar-refractivity contribution in [1.29, 1.82) is 0 Å². The fraction of sp³-hybridized carbons (Fsp3) is 0.700. The zero-order valence-electron chi connectivity index (χ0n) is 8.79. The second kappa shape index (κ2) is 6.51. The Labute approximate surface area is 98.6 Å². The van der Waals surface area contributed by atoms with Gasteiger partial charge in [0.2, 0.25) is 0 Å². The van der Waals surface area contributed by atoms with Gasteiger partial charge in [-0.1, -0.05) is 22.4 Å². The maximum absolute atomic E-state index is 4.31. The van der Waals surface area contributed by atoms with Crippen LogP contribution < -0.4 is 0 Å². The lowest BCUT2D eigenvalue weighted by Crippen LogP contribution is -1.93. The number of rotatable bonds is 6. The van der Waals surface area contributed by atoms with Crippen LogP contribution in [0, 0.1) is 6.92 Å². The number of thioether (sulfide) groups is 1. The van der Waals surface area contributed by atoms with Crippen molar-refractivity contribution in [3.05, 3.63) is 11.8 Å². The fourth-order valence-electron chi connectivity index (χ4n) is 1.27. The molecule has 1 aromatic heterocycles. The molecule has 0 aliphatic carbocycles. The standard InChI is InChI=1S/C10H17BrN2S/c1-9-8-10(13(2)12-9)14-7-5-3-4-6-11/h8H,3-7H2,1-2H3. The number of halogens is 1. The van der Waals surface area contributed by atoms with Crippen molar-refractivity contribution >= 4 is 27.7 Å². The van der Waals surface area contributed by atoms with E-state index in [1.165, 1.54) is 30.0 Å². The van der Waals surface area contributed by atoms with Crippen molar-refractivity contribution in [2.75, 3.05) is 11.1 Å². The summed E-state index contributed by atoms with van der Waals surface area (Å²) in [5, 5.41) is 6.72. The van der Waals surface area contributed by atoms with E-state index in [2.05, 4.69) is 27.1 Å². The third-order valence-electron chi connectivity index (χ3n) is 1.99. The van der Waals surface area contributed by atoms with Crippen LogP contribution in [0.3, 0.4) is 0 Å². The van der Waals surface area contributed by atoms with Crippen molar-refractivity contribution in [2.45, 2.75) is 31.2 Å². The predicted octanol–water partition coefficient (Wildman–Crippen LogP) is 3.39. The minimum absolute atomic E-state index is 1.11. The van der Waals surface area contributed by atoms with Gasteiger partial charge in [0.15, 0.2) is 0 Å². The van der Waals surface area contributed by atoms with E-state index in [1.54, 1.807) is 0 Å². The van der Waals surface area contributed by atoms with Gasteiger partial charge in [0.05, 0.1) is 10.7 Å². The van der Waals surface area contributed by atoms with E-state index in [0.29, 0.717) is 0 Å². The molecular weight excluding hydrogens is 260 g/mol. The third kappa shape index (κ3) is 4.05. The third-order valence-corrected chi connectivity index (χ3v) is 3.72. The summed E-state index contributed by atoms with van der Waals surface area (Å²) in [6, 6.07) is 2.15. The highest BCUT2D eigenvalue weighted by Gasteiger charge is 2.01. The van der Waals surface area contributed by atoms with Crippen LogP contribution in [0.25, 0.3) is 0 Å². The normalized spacial score (nSPS) is 10.8. The number of aromatic nitrogens is 2. The molecule has 14 heavy (non-hydrogen) atoms. The lowest BCUT2D eigenvalue weighted by atomic mass is 10.3. The van der Waals surface area contributed by atoms with Crippen LogP contribution >= 0.6 is 27.7 Å². The number of aryl methyl sites for hydroxylation is 2. The molecule has 0 fully saturated rings. The zero-order chi connectivity index (χ0) is 10.4. The van der Waals surface area contributed by atoms with Crippen LogP contribution in [0.4, 0.5) is 0 Å². The smallest absolute Gasteiger partial charge is 0.0939 e. The van der Waals surface area contributed by atoms with E-state index in [1.807, 2.05) is 30.4 Å². The Morgan fingerprint density at radius 3 is 2.79 bits per heavy atom. The molecule has 0 spiro atoms. The van der Waals surface area contributed by atoms with E-state index in [0.717, 1.165) is 11.0 Å². The molecule has 80 valence electrons. The van der Waals surface area contributed by atoms with Gasteiger partial charge in [-0.3, -0.25) is 4.68 Å². The molecule has 0 radical (unpaired) electrons. The lowest BCUT2D eigenvalue weighted by molar-refractivity contribution is 0.691. The summed E-state index contributed by atoms with van der Waals surface area (Å²) in [7, 11) is 2.01. The van der Waals surface area contributed by atoms with E-state index >= 15 is 0 Å². The number of nitrogens with zero attached hydrogens (tertiary/aromatic N) is 2. The first kappa shape index (κ1) is 12.1. The molecule has 0 aromatic carbocycles. The minimum atomic E-state index is 1.11. The van der Waals surface area contributed by atoms with Crippen molar-refractivity contribution < 1.29 is 0 Å². The van der Waals surface area contributed by atoms with Gasteiger partial charge in [-0.25, -0.2) is 0 Å². The molecule has 0 saturated heterocycles. The van der Waals surface area contributed by atoms with E-state index in [9.17, 15) is 0 Å². The Kier molecular flexibility index (Phi) is 5.63. The Hall–Kier alpha value is 0.0400. The monoisotopic (exact) mass is 276 g/mol. The molecular formula is C10H17BrN2S. The van der Waals surface area contributed by atoms with E-state index in [-0.39, 0.29) is 0 Å². The molecule has 2 nitrogen and oxygen atoms in total. The van der Waals surface area contributed by atoms with Gasteiger partial charge in [0.25, 0.3) is 0 Å². The van der Waals surface area contributed by atoms with Gasteiger partial charge in [-0.15, -0.1) is 11.8 Å². The summed E-state index contributed by atoms with van der Waals surface area (Å²) < 4.78 is 1.96. The molecule has 0 saturated carbocycles. The van der Waals surface area contributed by atoms with Gasteiger partial charge in [-0.2, -0.15) is 5.10 Å². The zero-order valence-corrected chi connectivity index (χ0v) is 11.2. The largest absolute Gasteiger partial charge is 0.262 e. The van der Waals surface area contributed by atoms with Crippen LogP contribution in [-0.2, 0) is 7.05 Å². The van der Waals surface area contributed by atoms with Gasteiger partial charge in [0.1, 0.15) is 0 Å². The average molecular weight is 277 g/mol. The minimum Gasteiger partial charge on any atom is -0.262 e. The van der Waals surface area contributed by atoms with E-state index in [4.69, 9.17) is 0 Å². The first-order valence-electron chi connectivity index (χ1n) is 4.93. The summed E-state index contributed by atoms with van der Waals surface area (Å²) in [5.41, 5.74) is 1.11. The fourth-order valence-corrected chi connectivity index (χ4v) is 2.71. The average Bonchev–Trinajstić information content (AvgIpc) is 2.45. The Morgan fingerprint density at radius 2 is 2.21 bits per heavy atom. The number of hydrogen-bond acceptors (Lipinski definition) is 2. The van der Waals surface area contributed by atoms with Gasteiger partial charge in [0, 0.05) is 12.4 Å². The van der Waals surface area contributed by atoms with Crippen LogP contribution in [0.5, 0.6) is 0 Å².